The van der Waals surface area contributed by atoms with Crippen LogP contribution in [0, 0.1) is 0 Å². The number of carbonyl (C=O) groups is 1. The number of carbonyl (C=O) groups excluding carboxylic acids is 1. The first-order valence-corrected chi connectivity index (χ1v) is 12.4. The molecule has 0 bridgehead atoms. The highest BCUT2D eigenvalue weighted by molar-refractivity contribution is 7.79. The molecule has 0 spiro atoms. The number of phenols is 2. The van der Waals surface area contributed by atoms with Crippen molar-refractivity contribution in [1.82, 2.24) is 5.43 Å². The first-order chi connectivity index (χ1) is 18.3. The number of benzene rings is 3. The summed E-state index contributed by atoms with van der Waals surface area (Å²) >= 11 is 0. The molecule has 0 aliphatic heterocycles. The lowest BCUT2D eigenvalue weighted by Gasteiger charge is -2.08. The Morgan fingerprint density at radius 2 is 1.21 bits per heavy atom. The highest BCUT2D eigenvalue weighted by Crippen LogP contribution is 2.25. The van der Waals surface area contributed by atoms with Crippen molar-refractivity contribution in [1.29, 1.82) is 0 Å². The molecule has 3 rings (SSSR count). The van der Waals surface area contributed by atoms with Crippen LogP contribution >= 0.6 is 0 Å². The van der Waals surface area contributed by atoms with Crippen molar-refractivity contribution in [2.24, 2.45) is 10.2 Å². The van der Waals surface area contributed by atoms with E-state index < -0.39 is 16.3 Å². The zero-order chi connectivity index (χ0) is 29.2. The van der Waals surface area contributed by atoms with Crippen LogP contribution in [0.25, 0.3) is 0 Å². The topological polar surface area (TPSA) is 199 Å². The molecule has 0 saturated carbocycles. The van der Waals surface area contributed by atoms with Crippen molar-refractivity contribution in [3.8, 4) is 23.0 Å². The summed E-state index contributed by atoms with van der Waals surface area (Å²) in [5.41, 5.74) is 8.51. The number of ether oxygens (including phenoxy) is 2. The molecular weight excluding hydrogens is 532 g/mol. The number of hydrazone groups is 2. The maximum absolute atomic E-state index is 12.4. The number of aromatic hydroxyl groups is 2. The Morgan fingerprint density at radius 1 is 0.769 bits per heavy atom. The van der Waals surface area contributed by atoms with Gasteiger partial charge in [-0.15, -0.1) is 0 Å². The second-order valence-electron chi connectivity index (χ2n) is 7.74. The third-order valence-electron chi connectivity index (χ3n) is 5.01. The van der Waals surface area contributed by atoms with Crippen molar-refractivity contribution in [2.45, 2.75) is 13.8 Å². The second kappa shape index (κ2) is 13.8. The molecule has 0 unspecified atom stereocenters. The fourth-order valence-electron chi connectivity index (χ4n) is 3.05. The van der Waals surface area contributed by atoms with Gasteiger partial charge < -0.3 is 19.7 Å². The summed E-state index contributed by atoms with van der Waals surface area (Å²) in [5, 5.41) is 28.6. The van der Waals surface area contributed by atoms with Crippen molar-refractivity contribution in [3.05, 3.63) is 77.4 Å². The molecule has 3 aromatic rings. The molecule has 0 aromatic heterocycles. The number of rotatable bonds is 8. The molecule has 1 amide bonds. The van der Waals surface area contributed by atoms with Crippen LogP contribution in [0.3, 0.4) is 0 Å². The smallest absolute Gasteiger partial charge is 0.394 e. The number of anilines is 1. The van der Waals surface area contributed by atoms with E-state index in [0.717, 1.165) is 0 Å². The van der Waals surface area contributed by atoms with Crippen LogP contribution in [0.1, 0.15) is 35.3 Å². The van der Waals surface area contributed by atoms with E-state index in [1.807, 2.05) is 0 Å². The molecule has 13 nitrogen and oxygen atoms in total. The normalized spacial score (nSPS) is 11.6. The summed E-state index contributed by atoms with van der Waals surface area (Å²) in [4.78, 5) is 12.4. The average molecular weight is 561 g/mol. The lowest BCUT2D eigenvalue weighted by atomic mass is 10.1. The van der Waals surface area contributed by atoms with Gasteiger partial charge in [0.1, 0.15) is 23.0 Å². The number of methoxy groups -OCH3 is 2. The van der Waals surface area contributed by atoms with Gasteiger partial charge in [0, 0.05) is 28.8 Å². The minimum Gasteiger partial charge on any atom is -0.507 e. The number of amides is 1. The van der Waals surface area contributed by atoms with Crippen LogP contribution < -0.4 is 20.3 Å². The summed E-state index contributed by atoms with van der Waals surface area (Å²) in [6.45, 7) is 3.44. The van der Waals surface area contributed by atoms with Gasteiger partial charge in [0.15, 0.2) is 0 Å². The minimum absolute atomic E-state index is 0.00378. The van der Waals surface area contributed by atoms with E-state index in [9.17, 15) is 15.0 Å². The van der Waals surface area contributed by atoms with Crippen molar-refractivity contribution in [3.63, 3.8) is 0 Å². The Bertz CT molecular complexity index is 1460. The fraction of sp³-hybridized carbons (Fsp3) is 0.160. The largest absolute Gasteiger partial charge is 0.507 e. The molecule has 6 N–H and O–H groups in total. The van der Waals surface area contributed by atoms with E-state index in [1.54, 1.807) is 62.4 Å². The summed E-state index contributed by atoms with van der Waals surface area (Å²) in [6.07, 6.45) is 0. The van der Waals surface area contributed by atoms with Crippen LogP contribution in [0.15, 0.2) is 70.9 Å². The van der Waals surface area contributed by atoms with Crippen molar-refractivity contribution >= 4 is 33.4 Å². The molecule has 3 aromatic carbocycles. The number of nitrogens with zero attached hydrogens (tertiary/aromatic N) is 2. The van der Waals surface area contributed by atoms with E-state index >= 15 is 0 Å². The third-order valence-corrected chi connectivity index (χ3v) is 5.01. The maximum atomic E-state index is 12.4. The molecule has 39 heavy (non-hydrogen) atoms. The fourth-order valence-corrected chi connectivity index (χ4v) is 3.05. The van der Waals surface area contributed by atoms with Gasteiger partial charge in [0.25, 0.3) is 5.91 Å². The quantitative estimate of drug-likeness (QED) is 0.135. The van der Waals surface area contributed by atoms with Crippen LogP contribution in [-0.4, -0.2) is 59.3 Å². The van der Waals surface area contributed by atoms with Gasteiger partial charge in [-0.25, -0.2) is 5.43 Å². The van der Waals surface area contributed by atoms with Crippen LogP contribution in [0.4, 0.5) is 5.69 Å². The van der Waals surface area contributed by atoms with Crippen LogP contribution in [0.2, 0.25) is 0 Å². The SMILES string of the molecule is COc1ccc(/C(C)=N\Nc2ccc(C(=O)N/N=C(\C)c3ccc(OC)cc3O)cc2)c(O)c1.O=S(=O)(O)O. The highest BCUT2D eigenvalue weighted by atomic mass is 32.3. The van der Waals surface area contributed by atoms with E-state index in [4.69, 9.17) is 27.0 Å². The first-order valence-electron chi connectivity index (χ1n) is 11.0. The van der Waals surface area contributed by atoms with E-state index in [-0.39, 0.29) is 11.5 Å². The molecule has 0 saturated heterocycles. The Hall–Kier alpha value is -4.66. The summed E-state index contributed by atoms with van der Waals surface area (Å²) in [6, 6.07) is 16.5. The molecule has 208 valence electrons. The Labute approximate surface area is 225 Å². The van der Waals surface area contributed by atoms with Gasteiger partial charge in [-0.1, -0.05) is 0 Å². The van der Waals surface area contributed by atoms with Gasteiger partial charge in [-0.2, -0.15) is 18.6 Å². The summed E-state index contributed by atoms with van der Waals surface area (Å²) in [7, 11) is -1.63. The number of phenolic OH excluding ortho intramolecular Hbond substituents is 2. The number of hydrogen-bond acceptors (Lipinski definition) is 10. The third kappa shape index (κ3) is 9.96. The number of nitrogens with one attached hydrogen (secondary N) is 2. The molecule has 0 fully saturated rings. The minimum atomic E-state index is -4.67. The van der Waals surface area contributed by atoms with Gasteiger partial charge in [0.05, 0.1) is 31.3 Å². The predicted octanol–water partition coefficient (Wildman–Crippen LogP) is 3.45. The second-order valence-corrected chi connectivity index (χ2v) is 8.63. The van der Waals surface area contributed by atoms with Crippen molar-refractivity contribution < 1.29 is 42.0 Å². The van der Waals surface area contributed by atoms with Crippen LogP contribution in [-0.2, 0) is 10.4 Å². The predicted molar refractivity (Wildman–Crippen MR) is 145 cm³/mol. The van der Waals surface area contributed by atoms with Gasteiger partial charge in [-0.3, -0.25) is 19.3 Å². The van der Waals surface area contributed by atoms with Gasteiger partial charge in [0.2, 0.25) is 0 Å². The lowest BCUT2D eigenvalue weighted by Crippen LogP contribution is -2.19. The van der Waals surface area contributed by atoms with E-state index in [0.29, 0.717) is 45.3 Å². The monoisotopic (exact) mass is 560 g/mol. The van der Waals surface area contributed by atoms with Gasteiger partial charge in [-0.05, 0) is 62.4 Å². The molecule has 0 atom stereocenters. The van der Waals surface area contributed by atoms with E-state index in [2.05, 4.69) is 21.1 Å². The molecule has 0 aliphatic rings. The highest BCUT2D eigenvalue weighted by Gasteiger charge is 2.09. The van der Waals surface area contributed by atoms with Crippen LogP contribution in [0.5, 0.6) is 23.0 Å². The average Bonchev–Trinajstić information content (AvgIpc) is 2.89. The Kier molecular flexibility index (Phi) is 10.8. The lowest BCUT2D eigenvalue weighted by molar-refractivity contribution is 0.0954. The zero-order valence-electron chi connectivity index (χ0n) is 21.4. The molecule has 14 heteroatoms. The first kappa shape index (κ1) is 30.6. The Morgan fingerprint density at radius 3 is 1.62 bits per heavy atom. The molecular formula is C25H28N4O9S. The summed E-state index contributed by atoms with van der Waals surface area (Å²) in [5.74, 6) is 0.738. The molecule has 0 aliphatic carbocycles. The molecule has 0 heterocycles. The number of hydrogen-bond donors (Lipinski definition) is 6. The van der Waals surface area contributed by atoms with Gasteiger partial charge >= 0.3 is 10.4 Å². The standard InChI is InChI=1S/C25H26N4O5.H2O4S/c1-15(21-11-9-19(33-3)13-23(21)30)26-28-18-7-5-17(6-8-18)25(32)29-27-16(2)22-12-10-20(34-4)14-24(22)31;1-5(2,3)4/h5-14,28,30-31H,1-4H3,(H,29,32);(H2,1,2,3,4)/b26-15-,27-16+;. The van der Waals surface area contributed by atoms with E-state index in [1.165, 1.54) is 26.4 Å². The summed E-state index contributed by atoms with van der Waals surface area (Å²) < 4.78 is 41.7. The molecule has 0 radical (unpaired) electrons. The zero-order valence-corrected chi connectivity index (χ0v) is 22.2. The maximum Gasteiger partial charge on any atom is 0.394 e. The Balaban J connectivity index is 0.000000976. The van der Waals surface area contributed by atoms with Crippen molar-refractivity contribution in [2.75, 3.05) is 19.6 Å².